The van der Waals surface area contributed by atoms with E-state index in [1.165, 1.54) is 5.56 Å². The number of aryl methyl sites for hydroxylation is 1. The normalized spacial score (nSPS) is 10.2. The smallest absolute Gasteiger partial charge is 0.173 e. The summed E-state index contributed by atoms with van der Waals surface area (Å²) in [6.07, 6.45) is 1.03. The van der Waals surface area contributed by atoms with Gasteiger partial charge in [-0.15, -0.1) is 0 Å². The maximum absolute atomic E-state index is 5.56. The maximum Gasteiger partial charge on any atom is 0.173 e. The molecule has 5 heteroatoms. The number of thiocarbonyl (C=S) groups is 1. The largest absolute Gasteiger partial charge is 0.493 e. The second-order valence-electron chi connectivity index (χ2n) is 5.75. The van der Waals surface area contributed by atoms with Crippen LogP contribution in [0.15, 0.2) is 42.5 Å². The van der Waals surface area contributed by atoms with E-state index in [0.717, 1.165) is 29.2 Å². The van der Waals surface area contributed by atoms with Crippen molar-refractivity contribution >= 4 is 23.0 Å². The van der Waals surface area contributed by atoms with E-state index in [-0.39, 0.29) is 0 Å². The first-order valence-electron chi connectivity index (χ1n) is 8.48. The Morgan fingerprint density at radius 1 is 1.04 bits per heavy atom. The summed E-state index contributed by atoms with van der Waals surface area (Å²) in [4.78, 5) is 2.00. The van der Waals surface area contributed by atoms with Gasteiger partial charge in [0.1, 0.15) is 0 Å². The standard InChI is InChI=1S/C20H26N2O2S/c1-5-15-7-10-17(11-8-15)21-20(25)22(3)14-16-9-12-18(24-6-2)19(13-16)23-4/h7-13H,5-6,14H2,1-4H3,(H,21,25). The quantitative estimate of drug-likeness (QED) is 0.738. The van der Waals surface area contributed by atoms with Gasteiger partial charge >= 0.3 is 0 Å². The fourth-order valence-electron chi connectivity index (χ4n) is 2.47. The first kappa shape index (κ1) is 19.1. The first-order valence-corrected chi connectivity index (χ1v) is 8.89. The minimum absolute atomic E-state index is 0.612. The summed E-state index contributed by atoms with van der Waals surface area (Å²) in [5.74, 6) is 1.50. The van der Waals surface area contributed by atoms with Crippen LogP contribution in [0.1, 0.15) is 25.0 Å². The monoisotopic (exact) mass is 358 g/mol. The van der Waals surface area contributed by atoms with Crippen LogP contribution in [0.4, 0.5) is 5.69 Å². The number of rotatable bonds is 7. The minimum atomic E-state index is 0.612. The zero-order valence-corrected chi connectivity index (χ0v) is 16.2. The van der Waals surface area contributed by atoms with Crippen molar-refractivity contribution in [1.29, 1.82) is 0 Å². The van der Waals surface area contributed by atoms with E-state index in [4.69, 9.17) is 21.7 Å². The number of anilines is 1. The molecule has 0 saturated carbocycles. The molecule has 2 aromatic rings. The molecule has 0 aliphatic rings. The number of nitrogens with one attached hydrogen (secondary N) is 1. The number of hydrogen-bond donors (Lipinski definition) is 1. The molecule has 1 N–H and O–H groups in total. The van der Waals surface area contributed by atoms with E-state index in [1.54, 1.807) is 7.11 Å². The summed E-state index contributed by atoms with van der Waals surface area (Å²) < 4.78 is 11.0. The minimum Gasteiger partial charge on any atom is -0.493 e. The van der Waals surface area contributed by atoms with Gasteiger partial charge in [0.05, 0.1) is 13.7 Å². The van der Waals surface area contributed by atoms with Crippen molar-refractivity contribution in [2.24, 2.45) is 0 Å². The van der Waals surface area contributed by atoms with E-state index in [2.05, 4.69) is 36.5 Å². The van der Waals surface area contributed by atoms with Crippen molar-refractivity contribution in [1.82, 2.24) is 4.90 Å². The molecule has 0 aliphatic carbocycles. The summed E-state index contributed by atoms with van der Waals surface area (Å²) in [6.45, 7) is 5.40. The van der Waals surface area contributed by atoms with Gasteiger partial charge in [0, 0.05) is 19.3 Å². The number of ether oxygens (including phenoxy) is 2. The molecule has 2 rings (SSSR count). The molecule has 0 radical (unpaired) electrons. The maximum atomic E-state index is 5.56. The molecule has 2 aromatic carbocycles. The second-order valence-corrected chi connectivity index (χ2v) is 6.14. The fraction of sp³-hybridized carbons (Fsp3) is 0.350. The fourth-order valence-corrected chi connectivity index (χ4v) is 2.66. The molecule has 0 atom stereocenters. The molecule has 4 nitrogen and oxygen atoms in total. The van der Waals surface area contributed by atoms with Crippen molar-refractivity contribution in [3.63, 3.8) is 0 Å². The number of methoxy groups -OCH3 is 1. The summed E-state index contributed by atoms with van der Waals surface area (Å²) in [6, 6.07) is 14.3. The van der Waals surface area contributed by atoms with Gasteiger partial charge in [-0.25, -0.2) is 0 Å². The summed E-state index contributed by atoms with van der Waals surface area (Å²) in [5.41, 5.74) is 3.41. The summed E-state index contributed by atoms with van der Waals surface area (Å²) >= 11 is 5.51. The lowest BCUT2D eigenvalue weighted by molar-refractivity contribution is 0.310. The lowest BCUT2D eigenvalue weighted by Gasteiger charge is -2.22. The van der Waals surface area contributed by atoms with Gasteiger partial charge in [-0.1, -0.05) is 25.1 Å². The Morgan fingerprint density at radius 3 is 2.32 bits per heavy atom. The van der Waals surface area contributed by atoms with E-state index >= 15 is 0 Å². The van der Waals surface area contributed by atoms with E-state index in [1.807, 2.05) is 37.1 Å². The Bertz CT molecular complexity index is 701. The van der Waals surface area contributed by atoms with Gasteiger partial charge in [-0.05, 0) is 61.0 Å². The van der Waals surface area contributed by atoms with Crippen LogP contribution in [-0.4, -0.2) is 30.8 Å². The van der Waals surface area contributed by atoms with Crippen LogP contribution >= 0.6 is 12.2 Å². The third-order valence-electron chi connectivity index (χ3n) is 3.91. The van der Waals surface area contributed by atoms with Crippen molar-refractivity contribution in [2.45, 2.75) is 26.8 Å². The third kappa shape index (κ3) is 5.36. The lowest BCUT2D eigenvalue weighted by Crippen LogP contribution is -2.30. The highest BCUT2D eigenvalue weighted by molar-refractivity contribution is 7.80. The number of benzene rings is 2. The molecule has 0 aliphatic heterocycles. The predicted octanol–water partition coefficient (Wildman–Crippen LogP) is 4.49. The predicted molar refractivity (Wildman–Crippen MR) is 108 cm³/mol. The highest BCUT2D eigenvalue weighted by atomic mass is 32.1. The van der Waals surface area contributed by atoms with Crippen LogP contribution in [-0.2, 0) is 13.0 Å². The third-order valence-corrected chi connectivity index (χ3v) is 4.32. The van der Waals surface area contributed by atoms with Crippen LogP contribution in [0.5, 0.6) is 11.5 Å². The average Bonchev–Trinajstić information content (AvgIpc) is 2.63. The summed E-state index contributed by atoms with van der Waals surface area (Å²) in [7, 11) is 3.62. The Balaban J connectivity index is 2.00. The Hall–Kier alpha value is -2.27. The molecule has 0 bridgehead atoms. The zero-order chi connectivity index (χ0) is 18.2. The van der Waals surface area contributed by atoms with Crippen molar-refractivity contribution in [3.05, 3.63) is 53.6 Å². The summed E-state index contributed by atoms with van der Waals surface area (Å²) in [5, 5.41) is 3.95. The molecule has 0 spiro atoms. The molecule has 0 fully saturated rings. The van der Waals surface area contributed by atoms with E-state index in [9.17, 15) is 0 Å². The van der Waals surface area contributed by atoms with Gasteiger partial charge in [0.2, 0.25) is 0 Å². The van der Waals surface area contributed by atoms with Gasteiger partial charge < -0.3 is 19.7 Å². The van der Waals surface area contributed by atoms with Crippen LogP contribution in [0.25, 0.3) is 0 Å². The van der Waals surface area contributed by atoms with Crippen LogP contribution in [0.3, 0.4) is 0 Å². The van der Waals surface area contributed by atoms with Crippen molar-refractivity contribution < 1.29 is 9.47 Å². The highest BCUT2D eigenvalue weighted by Crippen LogP contribution is 2.28. The van der Waals surface area contributed by atoms with Crippen molar-refractivity contribution in [2.75, 3.05) is 26.1 Å². The first-order chi connectivity index (χ1) is 12.1. The highest BCUT2D eigenvalue weighted by Gasteiger charge is 2.09. The van der Waals surface area contributed by atoms with Crippen LogP contribution in [0.2, 0.25) is 0 Å². The second kappa shape index (κ2) is 9.28. The molecule has 0 aromatic heterocycles. The van der Waals surface area contributed by atoms with Crippen LogP contribution < -0.4 is 14.8 Å². The van der Waals surface area contributed by atoms with Gasteiger partial charge in [-0.2, -0.15) is 0 Å². The molecular formula is C20H26N2O2S. The van der Waals surface area contributed by atoms with Gasteiger partial charge in [-0.3, -0.25) is 0 Å². The molecule has 0 unspecified atom stereocenters. The van der Waals surface area contributed by atoms with E-state index in [0.29, 0.717) is 18.3 Å². The Kier molecular flexibility index (Phi) is 7.07. The molecule has 25 heavy (non-hydrogen) atoms. The Morgan fingerprint density at radius 2 is 1.72 bits per heavy atom. The number of nitrogens with zero attached hydrogens (tertiary/aromatic N) is 1. The SMILES string of the molecule is CCOc1ccc(CN(C)C(=S)Nc2ccc(CC)cc2)cc1OC. The topological polar surface area (TPSA) is 33.7 Å². The molecular weight excluding hydrogens is 332 g/mol. The van der Waals surface area contributed by atoms with Crippen LogP contribution in [0, 0.1) is 0 Å². The molecule has 0 heterocycles. The zero-order valence-electron chi connectivity index (χ0n) is 15.3. The van der Waals surface area contributed by atoms with Gasteiger partial charge in [0.25, 0.3) is 0 Å². The molecule has 134 valence electrons. The average molecular weight is 359 g/mol. The Labute approximate surface area is 155 Å². The van der Waals surface area contributed by atoms with E-state index < -0.39 is 0 Å². The molecule has 0 amide bonds. The molecule has 0 saturated heterocycles. The van der Waals surface area contributed by atoms with Gasteiger partial charge in [0.15, 0.2) is 16.6 Å². The van der Waals surface area contributed by atoms with Crippen molar-refractivity contribution in [3.8, 4) is 11.5 Å². The number of hydrogen-bond acceptors (Lipinski definition) is 3. The lowest BCUT2D eigenvalue weighted by atomic mass is 10.1.